The molecular weight excluding hydrogens is 290 g/mol. The van der Waals surface area contributed by atoms with Gasteiger partial charge in [0.2, 0.25) is 0 Å². The predicted octanol–water partition coefficient (Wildman–Crippen LogP) is 2.83. The lowest BCUT2D eigenvalue weighted by Crippen LogP contribution is -2.29. The van der Waals surface area contributed by atoms with Crippen LogP contribution in [-0.4, -0.2) is 40.3 Å². The minimum atomic E-state index is 0.0451. The van der Waals surface area contributed by atoms with E-state index in [1.165, 1.54) is 0 Å². The van der Waals surface area contributed by atoms with Crippen molar-refractivity contribution in [2.24, 2.45) is 5.92 Å². The fourth-order valence-electron chi connectivity index (χ4n) is 2.93. The summed E-state index contributed by atoms with van der Waals surface area (Å²) in [5.74, 6) is 1.46. The second kappa shape index (κ2) is 7.31. The molecule has 2 heterocycles. The van der Waals surface area contributed by atoms with Crippen LogP contribution in [0.5, 0.6) is 5.75 Å². The van der Waals surface area contributed by atoms with Crippen molar-refractivity contribution in [3.63, 3.8) is 0 Å². The SMILES string of the molecule is CCn1ccc(C(=O)N2CCC(CCOc3ccccc3)C2)n1. The topological polar surface area (TPSA) is 47.4 Å². The van der Waals surface area contributed by atoms with Crippen LogP contribution in [0.1, 0.15) is 30.3 Å². The standard InChI is InChI=1S/C18H23N3O2/c1-2-21-12-9-17(19-21)18(22)20-11-8-15(14-20)10-13-23-16-6-4-3-5-7-16/h3-7,9,12,15H,2,8,10-11,13-14H2,1H3. The largest absolute Gasteiger partial charge is 0.494 e. The molecule has 5 nitrogen and oxygen atoms in total. The quantitative estimate of drug-likeness (QED) is 0.824. The normalized spacial score (nSPS) is 17.4. The highest BCUT2D eigenvalue weighted by molar-refractivity contribution is 5.92. The molecule has 3 rings (SSSR count). The second-order valence-electron chi connectivity index (χ2n) is 5.91. The Labute approximate surface area is 136 Å². The lowest BCUT2D eigenvalue weighted by atomic mass is 10.1. The van der Waals surface area contributed by atoms with Crippen molar-refractivity contribution in [3.05, 3.63) is 48.3 Å². The minimum absolute atomic E-state index is 0.0451. The van der Waals surface area contributed by atoms with E-state index < -0.39 is 0 Å². The Kier molecular flexibility index (Phi) is 4.95. The zero-order chi connectivity index (χ0) is 16.1. The van der Waals surface area contributed by atoms with Crippen molar-refractivity contribution in [2.45, 2.75) is 26.3 Å². The van der Waals surface area contributed by atoms with Gasteiger partial charge in [-0.15, -0.1) is 0 Å². The summed E-state index contributed by atoms with van der Waals surface area (Å²) in [6.07, 6.45) is 3.87. The molecule has 1 aliphatic rings. The van der Waals surface area contributed by atoms with Crippen molar-refractivity contribution in [2.75, 3.05) is 19.7 Å². The molecular formula is C18H23N3O2. The number of ether oxygens (including phenoxy) is 1. The van der Waals surface area contributed by atoms with Gasteiger partial charge in [-0.3, -0.25) is 9.48 Å². The number of carbonyl (C=O) groups is 1. The highest BCUT2D eigenvalue weighted by atomic mass is 16.5. The highest BCUT2D eigenvalue weighted by Crippen LogP contribution is 2.21. The van der Waals surface area contributed by atoms with Crippen molar-refractivity contribution in [1.82, 2.24) is 14.7 Å². The van der Waals surface area contributed by atoms with E-state index in [1.807, 2.05) is 48.4 Å². The molecule has 2 aromatic rings. The summed E-state index contributed by atoms with van der Waals surface area (Å²) in [6, 6.07) is 11.7. The van der Waals surface area contributed by atoms with Crippen LogP contribution in [0.4, 0.5) is 0 Å². The molecule has 5 heteroatoms. The van der Waals surface area contributed by atoms with Crippen LogP contribution in [0.3, 0.4) is 0 Å². The van der Waals surface area contributed by atoms with E-state index in [4.69, 9.17) is 4.74 Å². The van der Waals surface area contributed by atoms with Crippen LogP contribution in [-0.2, 0) is 6.54 Å². The molecule has 122 valence electrons. The fourth-order valence-corrected chi connectivity index (χ4v) is 2.93. The smallest absolute Gasteiger partial charge is 0.274 e. The Balaban J connectivity index is 1.45. The third-order valence-electron chi connectivity index (χ3n) is 4.29. The summed E-state index contributed by atoms with van der Waals surface area (Å²) in [5, 5.41) is 4.30. The lowest BCUT2D eigenvalue weighted by Gasteiger charge is -2.15. The van der Waals surface area contributed by atoms with Crippen molar-refractivity contribution in [3.8, 4) is 5.75 Å². The maximum absolute atomic E-state index is 12.4. The average Bonchev–Trinajstić information content (AvgIpc) is 3.24. The van der Waals surface area contributed by atoms with Crippen LogP contribution in [0.2, 0.25) is 0 Å². The van der Waals surface area contributed by atoms with Crippen LogP contribution < -0.4 is 4.74 Å². The molecule has 0 saturated carbocycles. The van der Waals surface area contributed by atoms with E-state index in [0.29, 0.717) is 18.2 Å². The van der Waals surface area contributed by atoms with Gasteiger partial charge in [0.15, 0.2) is 0 Å². The van der Waals surface area contributed by atoms with Crippen molar-refractivity contribution >= 4 is 5.91 Å². The van der Waals surface area contributed by atoms with E-state index in [2.05, 4.69) is 5.10 Å². The number of para-hydroxylation sites is 1. The Morgan fingerprint density at radius 2 is 2.13 bits per heavy atom. The zero-order valence-electron chi connectivity index (χ0n) is 13.5. The first-order valence-electron chi connectivity index (χ1n) is 8.27. The first kappa shape index (κ1) is 15.6. The van der Waals surface area contributed by atoms with E-state index >= 15 is 0 Å². The van der Waals surface area contributed by atoms with Crippen LogP contribution >= 0.6 is 0 Å². The molecule has 0 bridgehead atoms. The van der Waals surface area contributed by atoms with Gasteiger partial charge in [-0.2, -0.15) is 5.10 Å². The molecule has 0 N–H and O–H groups in total. The number of aromatic nitrogens is 2. The molecule has 0 radical (unpaired) electrons. The Hall–Kier alpha value is -2.30. The Morgan fingerprint density at radius 3 is 2.87 bits per heavy atom. The van der Waals surface area contributed by atoms with Crippen LogP contribution in [0.15, 0.2) is 42.6 Å². The Morgan fingerprint density at radius 1 is 1.30 bits per heavy atom. The van der Waals surface area contributed by atoms with E-state index in [1.54, 1.807) is 10.7 Å². The fraction of sp³-hybridized carbons (Fsp3) is 0.444. The van der Waals surface area contributed by atoms with Gasteiger partial charge in [0.05, 0.1) is 6.61 Å². The van der Waals surface area contributed by atoms with Crippen molar-refractivity contribution in [1.29, 1.82) is 0 Å². The van der Waals surface area contributed by atoms with Gasteiger partial charge in [0, 0.05) is 25.8 Å². The molecule has 1 fully saturated rings. The molecule has 1 unspecified atom stereocenters. The lowest BCUT2D eigenvalue weighted by molar-refractivity contribution is 0.0778. The summed E-state index contributed by atoms with van der Waals surface area (Å²) < 4.78 is 7.53. The first-order chi connectivity index (χ1) is 11.3. The molecule has 1 saturated heterocycles. The number of carbonyl (C=O) groups excluding carboxylic acids is 1. The number of aryl methyl sites for hydroxylation is 1. The summed E-state index contributed by atoms with van der Waals surface area (Å²) in [5.41, 5.74) is 0.549. The molecule has 1 atom stereocenters. The molecule has 23 heavy (non-hydrogen) atoms. The minimum Gasteiger partial charge on any atom is -0.494 e. The molecule has 0 spiro atoms. The third-order valence-corrected chi connectivity index (χ3v) is 4.29. The summed E-state index contributed by atoms with van der Waals surface area (Å²) >= 11 is 0. The van der Waals surface area contributed by atoms with Gasteiger partial charge >= 0.3 is 0 Å². The molecule has 1 aromatic heterocycles. The van der Waals surface area contributed by atoms with Gasteiger partial charge in [-0.05, 0) is 43.9 Å². The molecule has 1 aliphatic heterocycles. The van der Waals surface area contributed by atoms with Gasteiger partial charge in [0.1, 0.15) is 11.4 Å². The number of benzene rings is 1. The van der Waals surface area contributed by atoms with Crippen LogP contribution in [0, 0.1) is 5.92 Å². The highest BCUT2D eigenvalue weighted by Gasteiger charge is 2.27. The molecule has 1 amide bonds. The first-order valence-corrected chi connectivity index (χ1v) is 8.27. The van der Waals surface area contributed by atoms with E-state index in [-0.39, 0.29) is 5.91 Å². The maximum atomic E-state index is 12.4. The van der Waals surface area contributed by atoms with E-state index in [0.717, 1.165) is 38.2 Å². The second-order valence-corrected chi connectivity index (χ2v) is 5.91. The summed E-state index contributed by atoms with van der Waals surface area (Å²) in [4.78, 5) is 14.3. The Bertz CT molecular complexity index is 639. The molecule has 0 aliphatic carbocycles. The number of hydrogen-bond acceptors (Lipinski definition) is 3. The summed E-state index contributed by atoms with van der Waals surface area (Å²) in [6.45, 7) is 5.11. The maximum Gasteiger partial charge on any atom is 0.274 e. The number of amides is 1. The van der Waals surface area contributed by atoms with Gasteiger partial charge in [-0.25, -0.2) is 0 Å². The van der Waals surface area contributed by atoms with E-state index in [9.17, 15) is 4.79 Å². The predicted molar refractivity (Wildman–Crippen MR) is 88.5 cm³/mol. The number of nitrogens with zero attached hydrogens (tertiary/aromatic N) is 3. The van der Waals surface area contributed by atoms with Crippen molar-refractivity contribution < 1.29 is 9.53 Å². The average molecular weight is 313 g/mol. The zero-order valence-corrected chi connectivity index (χ0v) is 13.5. The number of likely N-dealkylation sites (tertiary alicyclic amines) is 1. The monoisotopic (exact) mass is 313 g/mol. The van der Waals surface area contributed by atoms with Gasteiger partial charge < -0.3 is 9.64 Å². The third kappa shape index (κ3) is 3.92. The van der Waals surface area contributed by atoms with Crippen LogP contribution in [0.25, 0.3) is 0 Å². The molecule has 1 aromatic carbocycles. The summed E-state index contributed by atoms with van der Waals surface area (Å²) in [7, 11) is 0. The van der Waals surface area contributed by atoms with Gasteiger partial charge in [-0.1, -0.05) is 18.2 Å². The van der Waals surface area contributed by atoms with Gasteiger partial charge in [0.25, 0.3) is 5.91 Å². The number of rotatable bonds is 6. The number of hydrogen-bond donors (Lipinski definition) is 0.